The first kappa shape index (κ1) is 11.1. The molecule has 0 saturated heterocycles. The normalized spacial score (nSPS) is 11.2. The van der Waals surface area contributed by atoms with Gasteiger partial charge in [-0.25, -0.2) is 4.79 Å². The highest BCUT2D eigenvalue weighted by atomic mass is 16.4. The zero-order chi connectivity index (χ0) is 12.1. The van der Waals surface area contributed by atoms with Crippen LogP contribution in [0.2, 0.25) is 0 Å². The molecule has 0 bridgehead atoms. The minimum Gasteiger partial charge on any atom is -0.478 e. The molecule has 0 unspecified atom stereocenters. The molecule has 0 amide bonds. The highest BCUT2D eigenvalue weighted by Gasteiger charge is 2.09. The van der Waals surface area contributed by atoms with Crippen molar-refractivity contribution in [2.45, 2.75) is 0 Å². The van der Waals surface area contributed by atoms with E-state index in [0.29, 0.717) is 5.56 Å². The van der Waals surface area contributed by atoms with Crippen LogP contribution in [0.4, 0.5) is 0 Å². The van der Waals surface area contributed by atoms with E-state index in [2.05, 4.69) is 4.98 Å². The Balaban J connectivity index is 2.44. The van der Waals surface area contributed by atoms with Crippen molar-refractivity contribution in [1.29, 1.82) is 0 Å². The Morgan fingerprint density at radius 2 is 1.71 bits per heavy atom. The second-order valence-corrected chi connectivity index (χ2v) is 3.51. The monoisotopic (exact) mass is 225 g/mol. The molecule has 2 rings (SSSR count). The molecule has 0 atom stereocenters. The van der Waals surface area contributed by atoms with Gasteiger partial charge in [0.15, 0.2) is 0 Å². The van der Waals surface area contributed by atoms with Gasteiger partial charge in [-0.2, -0.15) is 0 Å². The van der Waals surface area contributed by atoms with Crippen molar-refractivity contribution in [3.05, 3.63) is 66.0 Å². The number of aliphatic carboxylic acids is 1. The largest absolute Gasteiger partial charge is 0.478 e. The van der Waals surface area contributed by atoms with Crippen LogP contribution in [0.25, 0.3) is 11.6 Å². The first-order chi connectivity index (χ1) is 8.27. The zero-order valence-corrected chi connectivity index (χ0v) is 9.08. The maximum atomic E-state index is 11.2. The first-order valence-corrected chi connectivity index (χ1v) is 5.18. The third kappa shape index (κ3) is 2.78. The molecule has 0 aliphatic rings. The molecule has 0 aliphatic carbocycles. The summed E-state index contributed by atoms with van der Waals surface area (Å²) >= 11 is 0. The van der Waals surface area contributed by atoms with Crippen molar-refractivity contribution in [2.75, 3.05) is 0 Å². The molecule has 1 aromatic heterocycles. The van der Waals surface area contributed by atoms with E-state index in [9.17, 15) is 9.90 Å². The fraction of sp³-hybridized carbons (Fsp3) is 0. The van der Waals surface area contributed by atoms with Gasteiger partial charge < -0.3 is 5.11 Å². The number of pyridine rings is 1. The molecule has 1 heterocycles. The van der Waals surface area contributed by atoms with Crippen molar-refractivity contribution in [3.63, 3.8) is 0 Å². The lowest BCUT2D eigenvalue weighted by atomic mass is 10.0. The van der Waals surface area contributed by atoms with Gasteiger partial charge in [0, 0.05) is 12.4 Å². The lowest BCUT2D eigenvalue weighted by Crippen LogP contribution is -1.99. The topological polar surface area (TPSA) is 50.2 Å². The van der Waals surface area contributed by atoms with E-state index in [4.69, 9.17) is 0 Å². The van der Waals surface area contributed by atoms with Gasteiger partial charge in [-0.05, 0) is 29.3 Å². The summed E-state index contributed by atoms with van der Waals surface area (Å²) in [6.45, 7) is 0. The molecular formula is C14H11NO2. The Morgan fingerprint density at radius 3 is 2.29 bits per heavy atom. The van der Waals surface area contributed by atoms with Gasteiger partial charge in [0.2, 0.25) is 0 Å². The number of hydrogen-bond donors (Lipinski definition) is 1. The third-order valence-electron chi connectivity index (χ3n) is 2.33. The first-order valence-electron chi connectivity index (χ1n) is 5.18. The number of rotatable bonds is 3. The van der Waals surface area contributed by atoms with Crippen LogP contribution in [0.15, 0.2) is 54.9 Å². The Bertz CT molecular complexity index is 533. The Kier molecular flexibility index (Phi) is 3.31. The van der Waals surface area contributed by atoms with E-state index >= 15 is 0 Å². The molecule has 17 heavy (non-hydrogen) atoms. The zero-order valence-electron chi connectivity index (χ0n) is 9.08. The summed E-state index contributed by atoms with van der Waals surface area (Å²) < 4.78 is 0. The molecule has 0 fully saturated rings. The Morgan fingerprint density at radius 1 is 1.06 bits per heavy atom. The van der Waals surface area contributed by atoms with Crippen LogP contribution in [0, 0.1) is 0 Å². The van der Waals surface area contributed by atoms with Crippen LogP contribution in [0.5, 0.6) is 0 Å². The fourth-order valence-corrected chi connectivity index (χ4v) is 1.52. The van der Waals surface area contributed by atoms with E-state index in [1.807, 2.05) is 30.3 Å². The Hall–Kier alpha value is -2.42. The summed E-state index contributed by atoms with van der Waals surface area (Å²) in [5, 5.41) is 9.20. The van der Waals surface area contributed by atoms with Crippen LogP contribution in [-0.2, 0) is 4.79 Å². The van der Waals surface area contributed by atoms with Gasteiger partial charge in [-0.1, -0.05) is 30.3 Å². The van der Waals surface area contributed by atoms with E-state index in [-0.39, 0.29) is 5.57 Å². The number of benzene rings is 1. The number of carboxylic acids is 1. The second-order valence-electron chi connectivity index (χ2n) is 3.51. The van der Waals surface area contributed by atoms with Crippen molar-refractivity contribution in [3.8, 4) is 0 Å². The summed E-state index contributed by atoms with van der Waals surface area (Å²) in [5.74, 6) is -0.944. The SMILES string of the molecule is O=C(O)/C(=C\c1ccccc1)c1ccncc1. The second kappa shape index (κ2) is 5.07. The lowest BCUT2D eigenvalue weighted by Gasteiger charge is -2.02. The molecule has 1 aromatic carbocycles. The smallest absolute Gasteiger partial charge is 0.336 e. The summed E-state index contributed by atoms with van der Waals surface area (Å²) in [4.78, 5) is 15.1. The molecular weight excluding hydrogens is 214 g/mol. The standard InChI is InChI=1S/C14H11NO2/c16-14(17)13(12-6-8-15-9-7-12)10-11-4-2-1-3-5-11/h1-10H,(H,16,17)/b13-10-. The Labute approximate surface area is 99.1 Å². The number of carbonyl (C=O) groups is 1. The van der Waals surface area contributed by atoms with Gasteiger partial charge in [-0.3, -0.25) is 4.98 Å². The highest BCUT2D eigenvalue weighted by molar-refractivity contribution is 6.20. The average molecular weight is 225 g/mol. The molecule has 0 saturated carbocycles. The van der Waals surface area contributed by atoms with Crippen molar-refractivity contribution >= 4 is 17.6 Å². The van der Waals surface area contributed by atoms with Gasteiger partial charge >= 0.3 is 5.97 Å². The molecule has 3 nitrogen and oxygen atoms in total. The molecule has 0 radical (unpaired) electrons. The van der Waals surface area contributed by atoms with Gasteiger partial charge in [0.25, 0.3) is 0 Å². The highest BCUT2D eigenvalue weighted by Crippen LogP contribution is 2.17. The molecule has 0 spiro atoms. The number of carboxylic acid groups (broad SMARTS) is 1. The van der Waals surface area contributed by atoms with Crippen LogP contribution in [0.1, 0.15) is 11.1 Å². The maximum absolute atomic E-state index is 11.2. The summed E-state index contributed by atoms with van der Waals surface area (Å²) in [7, 11) is 0. The average Bonchev–Trinajstić information content (AvgIpc) is 2.38. The van der Waals surface area contributed by atoms with E-state index in [0.717, 1.165) is 5.56 Å². The van der Waals surface area contributed by atoms with Gasteiger partial charge in [-0.15, -0.1) is 0 Å². The predicted molar refractivity (Wildman–Crippen MR) is 66.2 cm³/mol. The van der Waals surface area contributed by atoms with Crippen LogP contribution in [0.3, 0.4) is 0 Å². The fourth-order valence-electron chi connectivity index (χ4n) is 1.52. The number of aromatic nitrogens is 1. The van der Waals surface area contributed by atoms with Crippen LogP contribution in [-0.4, -0.2) is 16.1 Å². The molecule has 3 heteroatoms. The van der Waals surface area contributed by atoms with E-state index in [1.54, 1.807) is 30.6 Å². The van der Waals surface area contributed by atoms with E-state index < -0.39 is 5.97 Å². The quantitative estimate of drug-likeness (QED) is 0.817. The van der Waals surface area contributed by atoms with Crippen molar-refractivity contribution < 1.29 is 9.90 Å². The summed E-state index contributed by atoms with van der Waals surface area (Å²) in [6.07, 6.45) is 4.81. The van der Waals surface area contributed by atoms with Crippen LogP contribution >= 0.6 is 0 Å². The van der Waals surface area contributed by atoms with Gasteiger partial charge in [0.05, 0.1) is 5.57 Å². The molecule has 84 valence electrons. The van der Waals surface area contributed by atoms with E-state index in [1.165, 1.54) is 0 Å². The predicted octanol–water partition coefficient (Wildman–Crippen LogP) is 2.71. The molecule has 1 N–H and O–H groups in total. The molecule has 0 aliphatic heterocycles. The minimum absolute atomic E-state index is 0.263. The maximum Gasteiger partial charge on any atom is 0.336 e. The number of hydrogen-bond acceptors (Lipinski definition) is 2. The minimum atomic E-state index is -0.944. The summed E-state index contributed by atoms with van der Waals surface area (Å²) in [6, 6.07) is 12.7. The van der Waals surface area contributed by atoms with Crippen molar-refractivity contribution in [1.82, 2.24) is 4.98 Å². The number of nitrogens with zero attached hydrogens (tertiary/aromatic N) is 1. The summed E-state index contributed by atoms with van der Waals surface area (Å²) in [5.41, 5.74) is 1.77. The third-order valence-corrected chi connectivity index (χ3v) is 2.33. The van der Waals surface area contributed by atoms with Gasteiger partial charge in [0.1, 0.15) is 0 Å². The molecule has 2 aromatic rings. The van der Waals surface area contributed by atoms with Crippen molar-refractivity contribution in [2.24, 2.45) is 0 Å². The lowest BCUT2D eigenvalue weighted by molar-refractivity contribution is -0.130. The van der Waals surface area contributed by atoms with Crippen LogP contribution < -0.4 is 0 Å².